The minimum atomic E-state index is -6.45. The van der Waals surface area contributed by atoms with E-state index >= 15 is 0 Å². The molecule has 0 N–H and O–H groups in total. The number of carbonyl (C=O) groups excluding carboxylic acids is 1. The van der Waals surface area contributed by atoms with Crippen molar-refractivity contribution < 1.29 is 56.8 Å². The van der Waals surface area contributed by atoms with Crippen molar-refractivity contribution in [3.8, 4) is 0 Å². The van der Waals surface area contributed by atoms with Crippen LogP contribution in [0.1, 0.15) is 42.6 Å². The van der Waals surface area contributed by atoms with Gasteiger partial charge in [-0.2, -0.15) is 26.3 Å². The highest BCUT2D eigenvalue weighted by molar-refractivity contribution is 7.92. The van der Waals surface area contributed by atoms with Gasteiger partial charge in [-0.05, 0) is 61.9 Å². The largest absolute Gasteiger partial charge is 0.437 e. The number of hydrogen-bond acceptors (Lipinski definition) is 6. The van der Waals surface area contributed by atoms with Gasteiger partial charge in [-0.1, -0.05) is 12.1 Å². The highest BCUT2D eigenvalue weighted by atomic mass is 32.2. The van der Waals surface area contributed by atoms with E-state index in [0.717, 1.165) is 18.2 Å². The molecule has 2 saturated heterocycles. The van der Waals surface area contributed by atoms with Crippen molar-refractivity contribution in [2.45, 2.75) is 65.8 Å². The number of aromatic nitrogens is 1. The molecule has 2 fully saturated rings. The molecular weight excluding hydrogens is 636 g/mol. The van der Waals surface area contributed by atoms with Gasteiger partial charge in [0, 0.05) is 18.2 Å². The van der Waals surface area contributed by atoms with E-state index in [0.29, 0.717) is 12.1 Å². The average molecular weight is 661 g/mol. The molecule has 43 heavy (non-hydrogen) atoms. The Labute approximate surface area is 241 Å². The zero-order valence-electron chi connectivity index (χ0n) is 22.1. The van der Waals surface area contributed by atoms with Crippen LogP contribution in [0, 0.1) is 11.7 Å². The van der Waals surface area contributed by atoms with Crippen molar-refractivity contribution in [2.24, 2.45) is 5.92 Å². The molecule has 2 aliphatic heterocycles. The van der Waals surface area contributed by atoms with Crippen molar-refractivity contribution in [3.63, 3.8) is 0 Å². The number of nitrogens with zero attached hydrogens (tertiary/aromatic N) is 2. The molecule has 1 aromatic carbocycles. The number of sulfone groups is 2. The van der Waals surface area contributed by atoms with E-state index in [-0.39, 0.29) is 55.4 Å². The summed E-state index contributed by atoms with van der Waals surface area (Å²) in [5.41, 5.74) is -8.70. The summed E-state index contributed by atoms with van der Waals surface area (Å²) in [7, 11) is -8.08. The van der Waals surface area contributed by atoms with Crippen LogP contribution < -0.4 is 0 Å². The minimum Gasteiger partial charge on any atom is -0.337 e. The van der Waals surface area contributed by atoms with Crippen LogP contribution in [-0.4, -0.2) is 69.1 Å². The van der Waals surface area contributed by atoms with Gasteiger partial charge in [0.15, 0.2) is 9.84 Å². The van der Waals surface area contributed by atoms with Gasteiger partial charge in [0.2, 0.25) is 5.91 Å². The molecule has 2 aromatic rings. The van der Waals surface area contributed by atoms with E-state index in [1.807, 2.05) is 0 Å². The van der Waals surface area contributed by atoms with E-state index in [9.17, 15) is 56.8 Å². The fourth-order valence-corrected chi connectivity index (χ4v) is 10.4. The Morgan fingerprint density at radius 1 is 0.953 bits per heavy atom. The number of fused-ring (bicyclic) bond motifs is 3. The van der Waals surface area contributed by atoms with Crippen LogP contribution in [-0.2, 0) is 41.3 Å². The van der Waals surface area contributed by atoms with Crippen LogP contribution in [0.2, 0.25) is 0 Å². The number of carbonyl (C=O) groups is 1. The molecule has 5 rings (SSSR count). The van der Waals surface area contributed by atoms with Gasteiger partial charge in [0.25, 0.3) is 0 Å². The van der Waals surface area contributed by atoms with Gasteiger partial charge >= 0.3 is 18.0 Å². The number of amides is 1. The fourth-order valence-electron chi connectivity index (χ4n) is 6.50. The molecular formula is C26H24F8N2O5S2. The van der Waals surface area contributed by atoms with Gasteiger partial charge in [-0.15, -0.1) is 0 Å². The van der Waals surface area contributed by atoms with E-state index < -0.39 is 88.8 Å². The Morgan fingerprint density at radius 2 is 1.58 bits per heavy atom. The summed E-state index contributed by atoms with van der Waals surface area (Å²) in [6.07, 6.45) is -14.0. The highest BCUT2D eigenvalue weighted by Crippen LogP contribution is 2.56. The third kappa shape index (κ3) is 4.80. The summed E-state index contributed by atoms with van der Waals surface area (Å²) < 4.78 is 160. The molecule has 0 radical (unpaired) electrons. The Hall–Kier alpha value is -2.82. The molecule has 236 valence electrons. The number of halogens is 8. The second-order valence-electron chi connectivity index (χ2n) is 11.0. The predicted molar refractivity (Wildman–Crippen MR) is 134 cm³/mol. The predicted octanol–water partition coefficient (Wildman–Crippen LogP) is 4.55. The molecule has 3 aliphatic rings. The monoisotopic (exact) mass is 660 g/mol. The second kappa shape index (κ2) is 10.1. The normalized spacial score (nSPS) is 24.8. The second-order valence-corrected chi connectivity index (χ2v) is 15.5. The summed E-state index contributed by atoms with van der Waals surface area (Å²) in [5, 5.41) is 0. The van der Waals surface area contributed by atoms with E-state index in [1.165, 1.54) is 4.90 Å². The molecule has 0 spiro atoms. The lowest BCUT2D eigenvalue weighted by Crippen LogP contribution is -2.54. The maximum atomic E-state index is 14.9. The lowest BCUT2D eigenvalue weighted by molar-refractivity contribution is -0.350. The Morgan fingerprint density at radius 3 is 2.16 bits per heavy atom. The lowest BCUT2D eigenvalue weighted by Gasteiger charge is -2.43. The summed E-state index contributed by atoms with van der Waals surface area (Å²) in [4.78, 5) is 17.7. The van der Waals surface area contributed by atoms with Gasteiger partial charge in [-0.25, -0.2) is 25.6 Å². The molecule has 7 nitrogen and oxygen atoms in total. The third-order valence-electron chi connectivity index (χ3n) is 8.63. The van der Waals surface area contributed by atoms with Crippen LogP contribution in [0.5, 0.6) is 0 Å². The molecule has 2 atom stereocenters. The SMILES string of the molecule is O=C(C1CCS(=O)(=O)CC1)N1CCC2(S(=O)(=O)c3cccc(F)c3)c3ccc(C(F)(C(F)(F)F)C(F)(F)F)nc3CCC12. The number of alkyl halides is 7. The van der Waals surface area contributed by atoms with Crippen molar-refractivity contribution in [2.75, 3.05) is 18.1 Å². The van der Waals surface area contributed by atoms with Crippen LogP contribution >= 0.6 is 0 Å². The smallest absolute Gasteiger partial charge is 0.337 e. The molecule has 1 aromatic heterocycles. The summed E-state index contributed by atoms with van der Waals surface area (Å²) in [6.45, 7) is -0.208. The zero-order chi connectivity index (χ0) is 31.8. The maximum Gasteiger partial charge on any atom is 0.437 e. The standard InChI is InChI=1S/C26H24F8N2O5S2/c27-16-2-1-3-17(14-16)43(40,41)23-10-11-36(22(37)15-8-12-42(38,39)13-9-15)21(23)7-5-19-18(23)4-6-20(35-19)24(28,25(29,30)31)26(32,33)34/h1-4,6,14-15,21H,5,7-13H2. The van der Waals surface area contributed by atoms with E-state index in [4.69, 9.17) is 0 Å². The molecule has 2 unspecified atom stereocenters. The van der Waals surface area contributed by atoms with Gasteiger partial charge < -0.3 is 4.90 Å². The van der Waals surface area contributed by atoms with Gasteiger partial charge in [0.05, 0.1) is 28.1 Å². The van der Waals surface area contributed by atoms with Gasteiger partial charge in [-0.3, -0.25) is 9.78 Å². The first-order chi connectivity index (χ1) is 19.8. The Kier molecular flexibility index (Phi) is 7.43. The molecule has 1 amide bonds. The molecule has 1 aliphatic carbocycles. The van der Waals surface area contributed by atoms with Gasteiger partial charge in [0.1, 0.15) is 20.4 Å². The first kappa shape index (κ1) is 31.6. The minimum absolute atomic E-state index is 0.0109. The topological polar surface area (TPSA) is 101 Å². The van der Waals surface area contributed by atoms with Crippen molar-refractivity contribution >= 4 is 25.6 Å². The molecule has 17 heteroatoms. The third-order valence-corrected chi connectivity index (χ3v) is 12.9. The summed E-state index contributed by atoms with van der Waals surface area (Å²) >= 11 is 0. The number of likely N-dealkylation sites (tertiary alicyclic amines) is 1. The van der Waals surface area contributed by atoms with Crippen molar-refractivity contribution in [1.29, 1.82) is 0 Å². The van der Waals surface area contributed by atoms with Crippen LogP contribution in [0.3, 0.4) is 0 Å². The zero-order valence-corrected chi connectivity index (χ0v) is 23.7. The van der Waals surface area contributed by atoms with E-state index in [1.54, 1.807) is 0 Å². The van der Waals surface area contributed by atoms with Crippen LogP contribution in [0.15, 0.2) is 41.3 Å². The number of benzene rings is 1. The van der Waals surface area contributed by atoms with Crippen molar-refractivity contribution in [3.05, 3.63) is 59.2 Å². The van der Waals surface area contributed by atoms with E-state index in [2.05, 4.69) is 4.98 Å². The lowest BCUT2D eigenvalue weighted by atomic mass is 9.80. The molecule has 3 heterocycles. The first-order valence-corrected chi connectivity index (χ1v) is 16.4. The summed E-state index contributed by atoms with van der Waals surface area (Å²) in [5.74, 6) is -2.75. The maximum absolute atomic E-state index is 14.9. The average Bonchev–Trinajstić information content (AvgIpc) is 3.32. The number of aryl methyl sites for hydroxylation is 1. The molecule has 0 saturated carbocycles. The van der Waals surface area contributed by atoms with Crippen LogP contribution in [0.25, 0.3) is 0 Å². The summed E-state index contributed by atoms with van der Waals surface area (Å²) in [6, 6.07) is 3.43. The number of pyridine rings is 1. The number of hydrogen-bond donors (Lipinski definition) is 0. The Balaban J connectivity index is 1.66. The quantitative estimate of drug-likeness (QED) is 0.447. The van der Waals surface area contributed by atoms with Crippen molar-refractivity contribution in [1.82, 2.24) is 9.88 Å². The molecule has 0 bridgehead atoms. The van der Waals surface area contributed by atoms with Crippen LogP contribution in [0.4, 0.5) is 35.1 Å². The Bertz CT molecular complexity index is 1650. The fraction of sp³-hybridized carbons (Fsp3) is 0.538. The highest BCUT2D eigenvalue weighted by Gasteiger charge is 2.75. The number of rotatable bonds is 4. The first-order valence-electron chi connectivity index (χ1n) is 13.1.